The largest absolute Gasteiger partial charge is 0.322 e. The summed E-state index contributed by atoms with van der Waals surface area (Å²) in [7, 11) is 0. The predicted octanol–water partition coefficient (Wildman–Crippen LogP) is 4.65. The molecule has 0 bridgehead atoms. The van der Waals surface area contributed by atoms with Crippen molar-refractivity contribution in [3.63, 3.8) is 0 Å². The van der Waals surface area contributed by atoms with Crippen molar-refractivity contribution in [3.8, 4) is 5.69 Å². The Hall–Kier alpha value is -1.07. The van der Waals surface area contributed by atoms with E-state index in [2.05, 4.69) is 37.6 Å². The number of hydrogen-bond donors (Lipinski definition) is 1. The third kappa shape index (κ3) is 3.24. The summed E-state index contributed by atoms with van der Waals surface area (Å²) in [6.07, 6.45) is 0. The van der Waals surface area contributed by atoms with E-state index in [1.807, 2.05) is 43.3 Å². The van der Waals surface area contributed by atoms with Crippen LogP contribution in [0.3, 0.4) is 0 Å². The number of benzene rings is 2. The van der Waals surface area contributed by atoms with E-state index in [0.29, 0.717) is 0 Å². The Labute approximate surface area is 144 Å². The minimum Gasteiger partial charge on any atom is -0.322 e. The van der Waals surface area contributed by atoms with Crippen LogP contribution in [0.1, 0.15) is 18.8 Å². The number of fused-ring (bicyclic) bond motifs is 1. The first kappa shape index (κ1) is 18.0. The predicted molar refractivity (Wildman–Crippen MR) is 95.9 cm³/mol. The summed E-state index contributed by atoms with van der Waals surface area (Å²) in [4.78, 5) is 4.66. The van der Waals surface area contributed by atoms with Crippen LogP contribution in [0.25, 0.3) is 16.7 Å². The number of hydrogen-bond acceptors (Lipinski definition) is 2. The second-order valence-corrected chi connectivity index (χ2v) is 5.39. The number of rotatable bonds is 2. The second-order valence-electron chi connectivity index (χ2n) is 4.54. The van der Waals surface area contributed by atoms with Gasteiger partial charge in [-0.2, -0.15) is 0 Å². The first-order valence-corrected chi connectivity index (χ1v) is 6.95. The Morgan fingerprint density at radius 2 is 1.71 bits per heavy atom. The lowest BCUT2D eigenvalue weighted by atomic mass is 10.2. The van der Waals surface area contributed by atoms with Gasteiger partial charge in [0.1, 0.15) is 5.82 Å². The third-order valence-electron chi connectivity index (χ3n) is 3.07. The summed E-state index contributed by atoms with van der Waals surface area (Å²) in [5.74, 6) is 0.869. The molecule has 1 unspecified atom stereocenters. The molecule has 2 aromatic carbocycles. The van der Waals surface area contributed by atoms with Crippen LogP contribution in [0.15, 0.2) is 53.0 Å². The van der Waals surface area contributed by atoms with Crippen LogP contribution in [-0.4, -0.2) is 9.55 Å². The zero-order chi connectivity index (χ0) is 13.4. The zero-order valence-corrected chi connectivity index (χ0v) is 14.6. The third-order valence-corrected chi connectivity index (χ3v) is 3.71. The summed E-state index contributed by atoms with van der Waals surface area (Å²) < 4.78 is 3.14. The van der Waals surface area contributed by atoms with E-state index in [9.17, 15) is 0 Å². The van der Waals surface area contributed by atoms with Gasteiger partial charge >= 0.3 is 0 Å². The molecule has 0 fully saturated rings. The smallest absolute Gasteiger partial charge is 0.131 e. The van der Waals surface area contributed by atoms with Crippen molar-refractivity contribution in [2.45, 2.75) is 13.0 Å². The highest BCUT2D eigenvalue weighted by Gasteiger charge is 2.16. The van der Waals surface area contributed by atoms with Gasteiger partial charge in [0.2, 0.25) is 0 Å². The maximum absolute atomic E-state index is 6.07. The molecule has 0 amide bonds. The maximum atomic E-state index is 6.07. The number of halogens is 3. The lowest BCUT2D eigenvalue weighted by Crippen LogP contribution is -2.12. The monoisotopic (exact) mass is 387 g/mol. The summed E-state index contributed by atoms with van der Waals surface area (Å²) >= 11 is 3.61. The molecule has 112 valence electrons. The van der Waals surface area contributed by atoms with Crippen molar-refractivity contribution in [2.75, 3.05) is 0 Å². The molecule has 3 nitrogen and oxygen atoms in total. The molecule has 1 aromatic heterocycles. The quantitative estimate of drug-likeness (QED) is 0.694. The van der Waals surface area contributed by atoms with Crippen LogP contribution in [-0.2, 0) is 0 Å². The molecular formula is C15H16BrCl2N3. The molecule has 0 aliphatic carbocycles. The number of imidazole rings is 1. The van der Waals surface area contributed by atoms with Crippen LogP contribution in [0, 0.1) is 0 Å². The number of nitrogens with two attached hydrogens (primary N) is 1. The highest BCUT2D eigenvalue weighted by Crippen LogP contribution is 2.29. The molecule has 1 atom stereocenters. The lowest BCUT2D eigenvalue weighted by Gasteiger charge is -2.12. The molecule has 3 rings (SSSR count). The van der Waals surface area contributed by atoms with Gasteiger partial charge in [-0.3, -0.25) is 4.57 Å². The fourth-order valence-electron chi connectivity index (χ4n) is 2.25. The van der Waals surface area contributed by atoms with Crippen molar-refractivity contribution < 1.29 is 0 Å². The van der Waals surface area contributed by atoms with Crippen molar-refractivity contribution in [1.29, 1.82) is 0 Å². The van der Waals surface area contributed by atoms with E-state index in [0.717, 1.165) is 27.0 Å². The molecule has 1 heterocycles. The van der Waals surface area contributed by atoms with E-state index in [1.165, 1.54) is 0 Å². The molecule has 0 spiro atoms. The fourth-order valence-corrected chi connectivity index (χ4v) is 2.78. The van der Waals surface area contributed by atoms with Gasteiger partial charge in [0.25, 0.3) is 0 Å². The Morgan fingerprint density at radius 3 is 2.33 bits per heavy atom. The Bertz CT molecular complexity index is 726. The van der Waals surface area contributed by atoms with Crippen molar-refractivity contribution in [1.82, 2.24) is 9.55 Å². The van der Waals surface area contributed by atoms with Gasteiger partial charge < -0.3 is 5.73 Å². The molecule has 3 aromatic rings. The first-order chi connectivity index (χ1) is 9.18. The van der Waals surface area contributed by atoms with E-state index < -0.39 is 0 Å². The average Bonchev–Trinajstić information content (AvgIpc) is 2.81. The first-order valence-electron chi connectivity index (χ1n) is 6.16. The molecule has 0 aliphatic rings. The van der Waals surface area contributed by atoms with Crippen LogP contribution in [0.4, 0.5) is 0 Å². The highest BCUT2D eigenvalue weighted by atomic mass is 79.9. The summed E-state index contributed by atoms with van der Waals surface area (Å²) in [6, 6.07) is 16.0. The molecule has 0 radical (unpaired) electrons. The topological polar surface area (TPSA) is 43.8 Å². The molecule has 2 N–H and O–H groups in total. The van der Waals surface area contributed by atoms with Crippen LogP contribution < -0.4 is 5.73 Å². The van der Waals surface area contributed by atoms with Gasteiger partial charge in [0.05, 0.1) is 17.1 Å². The molecule has 6 heteroatoms. The molecule has 0 aliphatic heterocycles. The maximum Gasteiger partial charge on any atom is 0.131 e. The van der Waals surface area contributed by atoms with Crippen LogP contribution >= 0.6 is 40.7 Å². The zero-order valence-electron chi connectivity index (χ0n) is 11.4. The molecular weight excluding hydrogens is 373 g/mol. The van der Waals surface area contributed by atoms with Gasteiger partial charge in [-0.1, -0.05) is 24.3 Å². The van der Waals surface area contributed by atoms with E-state index in [-0.39, 0.29) is 30.9 Å². The Morgan fingerprint density at radius 1 is 1.05 bits per heavy atom. The lowest BCUT2D eigenvalue weighted by molar-refractivity contribution is 0.727. The molecule has 0 saturated heterocycles. The van der Waals surface area contributed by atoms with Gasteiger partial charge in [0, 0.05) is 10.2 Å². The van der Waals surface area contributed by atoms with Gasteiger partial charge in [-0.25, -0.2) is 4.98 Å². The van der Waals surface area contributed by atoms with Gasteiger partial charge in [0.15, 0.2) is 0 Å². The minimum atomic E-state index is -0.125. The van der Waals surface area contributed by atoms with E-state index >= 15 is 0 Å². The standard InChI is InChI=1S/C15H14BrN3.2ClH/c1-10(17)15-18-13-9-5-8-12(16)14(13)19(15)11-6-3-2-4-7-11;;/h2-10H,17H2,1H3;2*1H. The number of nitrogens with zero attached hydrogens (tertiary/aromatic N) is 2. The van der Waals surface area contributed by atoms with Crippen LogP contribution in [0.5, 0.6) is 0 Å². The number of aromatic nitrogens is 2. The summed E-state index contributed by atoms with van der Waals surface area (Å²) in [5.41, 5.74) is 9.15. The summed E-state index contributed by atoms with van der Waals surface area (Å²) in [6.45, 7) is 1.95. The normalized spacial score (nSPS) is 11.6. The molecule has 0 saturated carbocycles. The van der Waals surface area contributed by atoms with Crippen LogP contribution in [0.2, 0.25) is 0 Å². The van der Waals surface area contributed by atoms with Gasteiger partial charge in [-0.05, 0) is 47.1 Å². The summed E-state index contributed by atoms with van der Waals surface area (Å²) in [5, 5.41) is 0. The average molecular weight is 389 g/mol. The van der Waals surface area contributed by atoms with Crippen molar-refractivity contribution in [3.05, 3.63) is 58.8 Å². The SMILES string of the molecule is CC(N)c1nc2cccc(Br)c2n1-c1ccccc1.Cl.Cl. The number of para-hydroxylation sites is 2. The highest BCUT2D eigenvalue weighted by molar-refractivity contribution is 9.10. The van der Waals surface area contributed by atoms with E-state index in [4.69, 9.17) is 5.73 Å². The Kier molecular flexibility index (Phi) is 6.23. The van der Waals surface area contributed by atoms with Crippen molar-refractivity contribution in [2.24, 2.45) is 5.73 Å². The fraction of sp³-hybridized carbons (Fsp3) is 0.133. The van der Waals surface area contributed by atoms with Crippen molar-refractivity contribution >= 4 is 51.8 Å². The Balaban J connectivity index is 0.00000110. The second kappa shape index (κ2) is 7.27. The minimum absolute atomic E-state index is 0. The van der Waals surface area contributed by atoms with E-state index in [1.54, 1.807) is 0 Å². The molecule has 21 heavy (non-hydrogen) atoms. The van der Waals surface area contributed by atoms with Gasteiger partial charge in [-0.15, -0.1) is 24.8 Å².